The van der Waals surface area contributed by atoms with E-state index in [4.69, 9.17) is 4.74 Å². The summed E-state index contributed by atoms with van der Waals surface area (Å²) >= 11 is 0. The molecule has 0 fully saturated rings. The highest BCUT2D eigenvalue weighted by Gasteiger charge is 2.08. The molecular formula is C17H16F2N2O. The van der Waals surface area contributed by atoms with Crippen LogP contribution in [-0.2, 0) is 6.42 Å². The van der Waals surface area contributed by atoms with Crippen molar-refractivity contribution in [3.63, 3.8) is 0 Å². The molecule has 0 radical (unpaired) electrons. The van der Waals surface area contributed by atoms with Gasteiger partial charge in [-0.25, -0.2) is 8.78 Å². The van der Waals surface area contributed by atoms with Gasteiger partial charge in [0, 0.05) is 0 Å². The van der Waals surface area contributed by atoms with Crippen molar-refractivity contribution in [3.8, 4) is 5.75 Å². The molecule has 0 saturated heterocycles. The highest BCUT2D eigenvalue weighted by atomic mass is 19.1. The molecule has 0 aromatic heterocycles. The van der Waals surface area contributed by atoms with Gasteiger partial charge in [0.05, 0.1) is 25.1 Å². The van der Waals surface area contributed by atoms with Gasteiger partial charge >= 0.3 is 0 Å². The zero-order valence-corrected chi connectivity index (χ0v) is 12.4. The van der Waals surface area contributed by atoms with Gasteiger partial charge in [0.25, 0.3) is 0 Å². The summed E-state index contributed by atoms with van der Waals surface area (Å²) in [6.07, 6.45) is 3.14. The van der Waals surface area contributed by atoms with Crippen LogP contribution in [-0.4, -0.2) is 19.5 Å². The number of benzene rings is 2. The maximum absolute atomic E-state index is 13.7. The van der Waals surface area contributed by atoms with Crippen molar-refractivity contribution in [2.24, 2.45) is 10.2 Å². The Bertz CT molecular complexity index is 671. The number of aryl methyl sites for hydroxylation is 1. The topological polar surface area (TPSA) is 34.0 Å². The fraction of sp³-hybridized carbons (Fsp3) is 0.176. The number of hydrogen-bond acceptors (Lipinski definition) is 3. The molecule has 0 bridgehead atoms. The first kappa shape index (κ1) is 15.8. The smallest absolute Gasteiger partial charge is 0.135 e. The summed E-state index contributed by atoms with van der Waals surface area (Å²) in [5.74, 6) is -0.540. The quantitative estimate of drug-likeness (QED) is 0.607. The molecule has 2 aromatic rings. The lowest BCUT2D eigenvalue weighted by atomic mass is 10.1. The summed E-state index contributed by atoms with van der Waals surface area (Å²) in [6, 6.07) is 9.78. The van der Waals surface area contributed by atoms with Gasteiger partial charge < -0.3 is 4.74 Å². The summed E-state index contributed by atoms with van der Waals surface area (Å²) in [6.45, 7) is 1.83. The third kappa shape index (κ3) is 3.97. The van der Waals surface area contributed by atoms with Gasteiger partial charge in [-0.15, -0.1) is 0 Å². The molecule has 0 saturated carbocycles. The molecule has 2 aromatic carbocycles. The van der Waals surface area contributed by atoms with Crippen LogP contribution in [0.1, 0.15) is 23.6 Å². The van der Waals surface area contributed by atoms with E-state index in [1.165, 1.54) is 18.3 Å². The highest BCUT2D eigenvalue weighted by Crippen LogP contribution is 2.14. The Hall–Kier alpha value is -2.56. The molecule has 0 aliphatic heterocycles. The molecule has 2 rings (SSSR count). The molecule has 22 heavy (non-hydrogen) atoms. The number of rotatable bonds is 5. The largest absolute Gasteiger partial charge is 0.497 e. The minimum absolute atomic E-state index is 0.191. The maximum atomic E-state index is 13.7. The highest BCUT2D eigenvalue weighted by molar-refractivity contribution is 5.83. The van der Waals surface area contributed by atoms with Crippen molar-refractivity contribution in [1.82, 2.24) is 0 Å². The van der Waals surface area contributed by atoms with Gasteiger partial charge in [-0.1, -0.05) is 6.92 Å². The number of ether oxygens (including phenoxy) is 1. The average molecular weight is 302 g/mol. The summed E-state index contributed by atoms with van der Waals surface area (Å²) in [4.78, 5) is 0. The summed E-state index contributed by atoms with van der Waals surface area (Å²) in [7, 11) is 1.58. The number of hydrogen-bond donors (Lipinski definition) is 0. The van der Waals surface area contributed by atoms with E-state index in [0.717, 1.165) is 17.5 Å². The molecule has 0 heterocycles. The molecule has 5 heteroatoms. The van der Waals surface area contributed by atoms with Gasteiger partial charge in [0.2, 0.25) is 0 Å². The predicted molar refractivity (Wildman–Crippen MR) is 83.9 cm³/mol. The van der Waals surface area contributed by atoms with Gasteiger partial charge in [0.15, 0.2) is 0 Å². The zero-order valence-electron chi connectivity index (χ0n) is 12.4. The molecule has 0 unspecified atom stereocenters. The fourth-order valence-corrected chi connectivity index (χ4v) is 1.85. The third-order valence-electron chi connectivity index (χ3n) is 3.12. The lowest BCUT2D eigenvalue weighted by Crippen LogP contribution is -1.96. The number of nitrogens with zero attached hydrogens (tertiary/aromatic N) is 2. The van der Waals surface area contributed by atoms with Crippen LogP contribution in [0.5, 0.6) is 5.75 Å². The van der Waals surface area contributed by atoms with E-state index in [0.29, 0.717) is 12.0 Å². The SMILES string of the molecule is CCc1cc(F)c(C=NN=Cc2ccc(OC)cc2)c(F)c1. The number of methoxy groups -OCH3 is 1. The van der Waals surface area contributed by atoms with Crippen LogP contribution in [0.15, 0.2) is 46.6 Å². The monoisotopic (exact) mass is 302 g/mol. The van der Waals surface area contributed by atoms with Crippen LogP contribution < -0.4 is 4.74 Å². The molecule has 0 aliphatic carbocycles. The predicted octanol–water partition coefficient (Wildman–Crippen LogP) is 3.99. The van der Waals surface area contributed by atoms with Crippen molar-refractivity contribution < 1.29 is 13.5 Å². The second-order valence-electron chi connectivity index (χ2n) is 4.59. The van der Waals surface area contributed by atoms with Crippen LogP contribution in [0, 0.1) is 11.6 Å². The van der Waals surface area contributed by atoms with Crippen LogP contribution >= 0.6 is 0 Å². The van der Waals surface area contributed by atoms with Gasteiger partial charge in [-0.3, -0.25) is 0 Å². The molecule has 0 spiro atoms. The second kappa shape index (κ2) is 7.45. The number of halogens is 2. The van der Waals surface area contributed by atoms with Crippen LogP contribution in [0.3, 0.4) is 0 Å². The summed E-state index contributed by atoms with van der Waals surface area (Å²) in [5, 5.41) is 7.48. The molecule has 0 atom stereocenters. The Morgan fingerprint density at radius 1 is 1.00 bits per heavy atom. The van der Waals surface area contributed by atoms with Crippen LogP contribution in [0.2, 0.25) is 0 Å². The average Bonchev–Trinajstić information content (AvgIpc) is 2.53. The van der Waals surface area contributed by atoms with Gasteiger partial charge in [0.1, 0.15) is 17.4 Å². The zero-order chi connectivity index (χ0) is 15.9. The van der Waals surface area contributed by atoms with Crippen molar-refractivity contribution in [3.05, 3.63) is 64.7 Å². The first-order valence-electron chi connectivity index (χ1n) is 6.82. The van der Waals surface area contributed by atoms with E-state index in [9.17, 15) is 8.78 Å². The standard InChI is InChI=1S/C17H16F2N2O/c1-3-12-8-16(18)15(17(19)9-12)11-21-20-10-13-4-6-14(22-2)7-5-13/h4-11H,3H2,1-2H3. The summed E-state index contributed by atoms with van der Waals surface area (Å²) < 4.78 is 32.5. The molecule has 0 N–H and O–H groups in total. The molecular weight excluding hydrogens is 286 g/mol. The molecule has 114 valence electrons. The third-order valence-corrected chi connectivity index (χ3v) is 3.12. The van der Waals surface area contributed by atoms with E-state index < -0.39 is 11.6 Å². The van der Waals surface area contributed by atoms with E-state index in [1.807, 2.05) is 6.92 Å². The van der Waals surface area contributed by atoms with E-state index in [1.54, 1.807) is 31.4 Å². The van der Waals surface area contributed by atoms with Crippen molar-refractivity contribution in [2.75, 3.05) is 7.11 Å². The minimum Gasteiger partial charge on any atom is -0.497 e. The lowest BCUT2D eigenvalue weighted by Gasteiger charge is -2.02. The van der Waals surface area contributed by atoms with Crippen molar-refractivity contribution in [2.45, 2.75) is 13.3 Å². The Balaban J connectivity index is 2.10. The van der Waals surface area contributed by atoms with Crippen molar-refractivity contribution in [1.29, 1.82) is 0 Å². The molecule has 0 aliphatic rings. The van der Waals surface area contributed by atoms with Crippen LogP contribution in [0.25, 0.3) is 0 Å². The second-order valence-corrected chi connectivity index (χ2v) is 4.59. The van der Waals surface area contributed by atoms with Gasteiger partial charge in [-0.05, 0) is 53.9 Å². The van der Waals surface area contributed by atoms with Crippen molar-refractivity contribution >= 4 is 12.4 Å². The first-order valence-corrected chi connectivity index (χ1v) is 6.82. The van der Waals surface area contributed by atoms with E-state index in [-0.39, 0.29) is 5.56 Å². The Labute approximate surface area is 128 Å². The van der Waals surface area contributed by atoms with E-state index in [2.05, 4.69) is 10.2 Å². The maximum Gasteiger partial charge on any atom is 0.135 e. The Morgan fingerprint density at radius 2 is 1.59 bits per heavy atom. The van der Waals surface area contributed by atoms with E-state index >= 15 is 0 Å². The summed E-state index contributed by atoms with van der Waals surface area (Å²) in [5.41, 5.74) is 1.22. The minimum atomic E-state index is -0.639. The first-order chi connectivity index (χ1) is 10.6. The Morgan fingerprint density at radius 3 is 2.14 bits per heavy atom. The molecule has 0 amide bonds. The van der Waals surface area contributed by atoms with Gasteiger partial charge in [-0.2, -0.15) is 10.2 Å². The molecule has 3 nitrogen and oxygen atoms in total. The normalized spacial score (nSPS) is 11.5. The lowest BCUT2D eigenvalue weighted by molar-refractivity contribution is 0.415. The van der Waals surface area contributed by atoms with Crippen LogP contribution in [0.4, 0.5) is 8.78 Å². The Kier molecular flexibility index (Phi) is 5.36. The fourth-order valence-electron chi connectivity index (χ4n) is 1.85.